The lowest BCUT2D eigenvalue weighted by Crippen LogP contribution is -2.20. The molecule has 2 aromatic rings. The average molecular weight is 266 g/mol. The van der Waals surface area contributed by atoms with Crippen LogP contribution >= 0.6 is 0 Å². The monoisotopic (exact) mass is 266 g/mol. The van der Waals surface area contributed by atoms with Crippen LogP contribution in [0.2, 0.25) is 0 Å². The van der Waals surface area contributed by atoms with E-state index < -0.39 is 0 Å². The molecule has 0 saturated carbocycles. The summed E-state index contributed by atoms with van der Waals surface area (Å²) >= 11 is 0. The normalized spacial score (nSPS) is 15.8. The maximum absolute atomic E-state index is 5.42. The first kappa shape index (κ1) is 13.1. The van der Waals surface area contributed by atoms with Gasteiger partial charge in [-0.05, 0) is 12.8 Å². The second-order valence-corrected chi connectivity index (χ2v) is 5.05. The van der Waals surface area contributed by atoms with E-state index in [-0.39, 0.29) is 0 Å². The number of rotatable bonds is 3. The average Bonchev–Trinajstić information content (AvgIpc) is 2.55. The summed E-state index contributed by atoms with van der Waals surface area (Å²) < 4.78 is 5.42. The summed E-state index contributed by atoms with van der Waals surface area (Å²) in [6, 6.07) is 21.2. The van der Waals surface area contributed by atoms with Gasteiger partial charge < -0.3 is 4.74 Å². The van der Waals surface area contributed by atoms with Gasteiger partial charge in [-0.25, -0.2) is 0 Å². The zero-order chi connectivity index (χ0) is 13.6. The van der Waals surface area contributed by atoms with Gasteiger partial charge in [0, 0.05) is 24.3 Å². The Hall–Kier alpha value is -1.93. The molecule has 1 heterocycles. The van der Waals surface area contributed by atoms with Crippen molar-refractivity contribution < 1.29 is 4.74 Å². The summed E-state index contributed by atoms with van der Waals surface area (Å²) in [4.78, 5) is 5.01. The van der Waals surface area contributed by atoms with Crippen molar-refractivity contribution >= 4 is 5.71 Å². The number of hydrogen-bond donors (Lipinski definition) is 0. The van der Waals surface area contributed by atoms with Gasteiger partial charge in [0.25, 0.3) is 0 Å². The fourth-order valence-electron chi connectivity index (χ4n) is 2.50. The molecule has 102 valence electrons. The third kappa shape index (κ3) is 3.14. The minimum Gasteiger partial charge on any atom is -0.381 e. The summed E-state index contributed by atoms with van der Waals surface area (Å²) in [5, 5.41) is 0. The highest BCUT2D eigenvalue weighted by atomic mass is 16.5. The topological polar surface area (TPSA) is 21.6 Å². The molecule has 1 aliphatic heterocycles. The molecular weight excluding hydrogens is 247 g/mol. The molecule has 1 saturated heterocycles. The van der Waals surface area contributed by atoms with Crippen LogP contribution < -0.4 is 0 Å². The van der Waals surface area contributed by atoms with Gasteiger partial charge in [-0.1, -0.05) is 60.7 Å². The summed E-state index contributed by atoms with van der Waals surface area (Å²) in [6.07, 6.45) is 2.03. The largest absolute Gasteiger partial charge is 0.381 e. The van der Waals surface area contributed by atoms with E-state index in [1.165, 1.54) is 11.1 Å². The Labute approximate surface area is 120 Å². The maximum Gasteiger partial charge on any atom is 0.0722 e. The minimum atomic E-state index is 0.374. The Morgan fingerprint density at radius 1 is 0.800 bits per heavy atom. The van der Waals surface area contributed by atoms with E-state index in [1.54, 1.807) is 0 Å². The fourth-order valence-corrected chi connectivity index (χ4v) is 2.50. The summed E-state index contributed by atoms with van der Waals surface area (Å²) in [5.74, 6) is 0. The molecule has 0 amide bonds. The molecule has 0 unspecified atom stereocenters. The first-order chi connectivity index (χ1) is 9.93. The highest BCUT2D eigenvalue weighted by Gasteiger charge is 2.15. The Bertz CT molecular complexity index is 515. The third-order valence-corrected chi connectivity index (χ3v) is 3.60. The molecule has 3 rings (SSSR count). The molecule has 0 radical (unpaired) electrons. The number of aliphatic imine (C=N–C) groups is 1. The predicted molar refractivity (Wildman–Crippen MR) is 82.4 cm³/mol. The van der Waals surface area contributed by atoms with Crippen molar-refractivity contribution in [3.8, 4) is 0 Å². The van der Waals surface area contributed by atoms with Crippen molar-refractivity contribution in [1.29, 1.82) is 0 Å². The van der Waals surface area contributed by atoms with E-state index >= 15 is 0 Å². The molecule has 2 aromatic carbocycles. The highest BCUT2D eigenvalue weighted by molar-refractivity contribution is 6.12. The molecule has 0 N–H and O–H groups in total. The van der Waals surface area contributed by atoms with Crippen molar-refractivity contribution in [3.05, 3.63) is 71.8 Å². The summed E-state index contributed by atoms with van der Waals surface area (Å²) in [6.45, 7) is 1.65. The van der Waals surface area contributed by atoms with Gasteiger partial charge in [-0.15, -0.1) is 0 Å². The lowest BCUT2D eigenvalue weighted by atomic mass is 10.0. The SMILES string of the molecule is c1ccc(C(=[15N]C2CCOCC2)c2ccccc2)cc1. The number of hydrogen-bond acceptors (Lipinski definition) is 2. The van der Waals surface area contributed by atoms with Crippen molar-refractivity contribution in [2.24, 2.45) is 4.99 Å². The van der Waals surface area contributed by atoms with Crippen molar-refractivity contribution in [2.45, 2.75) is 18.9 Å². The summed E-state index contributed by atoms with van der Waals surface area (Å²) in [5.41, 5.74) is 3.47. The number of nitrogens with zero attached hydrogens (tertiary/aromatic N) is 1. The highest BCUT2D eigenvalue weighted by Crippen LogP contribution is 2.16. The quantitative estimate of drug-likeness (QED) is 0.613. The van der Waals surface area contributed by atoms with Crippen LogP contribution in [0.1, 0.15) is 24.0 Å². The smallest absolute Gasteiger partial charge is 0.0722 e. The Morgan fingerprint density at radius 3 is 1.80 bits per heavy atom. The van der Waals surface area contributed by atoms with Crippen LogP contribution in [0.15, 0.2) is 65.7 Å². The van der Waals surface area contributed by atoms with Crippen LogP contribution in [0.25, 0.3) is 0 Å². The first-order valence-electron chi connectivity index (χ1n) is 7.20. The van der Waals surface area contributed by atoms with E-state index in [1.807, 2.05) is 12.1 Å². The second-order valence-electron chi connectivity index (χ2n) is 5.05. The van der Waals surface area contributed by atoms with Gasteiger partial charge in [-0.3, -0.25) is 4.99 Å². The standard InChI is InChI=1S/C18H19NO/c1-3-7-15(8-4-1)18(16-9-5-2-6-10-16)19-17-11-13-20-14-12-17/h1-10,17H,11-14H2/i19+1. The van der Waals surface area contributed by atoms with E-state index in [0.29, 0.717) is 6.04 Å². The zero-order valence-electron chi connectivity index (χ0n) is 11.5. The van der Waals surface area contributed by atoms with Gasteiger partial charge in [0.05, 0.1) is 11.8 Å². The molecule has 20 heavy (non-hydrogen) atoms. The molecule has 2 heteroatoms. The van der Waals surface area contributed by atoms with E-state index in [2.05, 4.69) is 48.5 Å². The van der Waals surface area contributed by atoms with Gasteiger partial charge >= 0.3 is 0 Å². The Kier molecular flexibility index (Phi) is 4.24. The van der Waals surface area contributed by atoms with Crippen LogP contribution in [-0.2, 0) is 4.74 Å². The van der Waals surface area contributed by atoms with E-state index in [4.69, 9.17) is 9.73 Å². The number of ether oxygens (including phenoxy) is 1. The van der Waals surface area contributed by atoms with Crippen molar-refractivity contribution in [1.82, 2.24) is 0 Å². The van der Waals surface area contributed by atoms with E-state index in [0.717, 1.165) is 31.8 Å². The lowest BCUT2D eigenvalue weighted by molar-refractivity contribution is 0.0871. The maximum atomic E-state index is 5.42. The van der Waals surface area contributed by atoms with Crippen LogP contribution in [0, 0.1) is 0 Å². The Morgan fingerprint density at radius 2 is 1.30 bits per heavy atom. The fraction of sp³-hybridized carbons (Fsp3) is 0.278. The van der Waals surface area contributed by atoms with Gasteiger partial charge in [0.1, 0.15) is 0 Å². The molecule has 1 fully saturated rings. The van der Waals surface area contributed by atoms with E-state index in [9.17, 15) is 0 Å². The Balaban J connectivity index is 1.97. The van der Waals surface area contributed by atoms with Gasteiger partial charge in [-0.2, -0.15) is 0 Å². The second kappa shape index (κ2) is 6.49. The predicted octanol–water partition coefficient (Wildman–Crippen LogP) is 3.70. The van der Waals surface area contributed by atoms with Gasteiger partial charge in [0.15, 0.2) is 0 Å². The van der Waals surface area contributed by atoms with Crippen molar-refractivity contribution in [3.63, 3.8) is 0 Å². The minimum absolute atomic E-state index is 0.374. The molecule has 0 aliphatic carbocycles. The molecule has 0 bridgehead atoms. The zero-order valence-corrected chi connectivity index (χ0v) is 11.5. The lowest BCUT2D eigenvalue weighted by Gasteiger charge is -2.20. The van der Waals surface area contributed by atoms with Crippen LogP contribution in [0.5, 0.6) is 0 Å². The molecule has 1 aliphatic rings. The van der Waals surface area contributed by atoms with Crippen molar-refractivity contribution in [2.75, 3.05) is 13.2 Å². The molecular formula is C18H19NO. The molecule has 0 aromatic heterocycles. The number of benzene rings is 2. The van der Waals surface area contributed by atoms with Crippen LogP contribution in [-0.4, -0.2) is 25.0 Å². The van der Waals surface area contributed by atoms with Crippen LogP contribution in [0.3, 0.4) is 0 Å². The first-order valence-corrected chi connectivity index (χ1v) is 7.20. The third-order valence-electron chi connectivity index (χ3n) is 3.60. The van der Waals surface area contributed by atoms with Gasteiger partial charge in [0.2, 0.25) is 0 Å². The molecule has 0 atom stereocenters. The van der Waals surface area contributed by atoms with Crippen LogP contribution in [0.4, 0.5) is 0 Å². The summed E-state index contributed by atoms with van der Waals surface area (Å²) in [7, 11) is 0. The molecule has 0 spiro atoms. The molecule has 2 nitrogen and oxygen atoms in total.